The number of carbonyl (C=O) groups is 4. The summed E-state index contributed by atoms with van der Waals surface area (Å²) in [5.74, 6) is -3.21. The monoisotopic (exact) mass is 625 g/mol. The molecule has 1 aromatic rings. The zero-order valence-electron chi connectivity index (χ0n) is 27.6. The zero-order valence-corrected chi connectivity index (χ0v) is 27.6. The molecule has 3 aliphatic rings. The predicted molar refractivity (Wildman–Crippen MR) is 166 cm³/mol. The van der Waals surface area contributed by atoms with Crippen LogP contribution < -0.4 is 0 Å². The van der Waals surface area contributed by atoms with Crippen LogP contribution in [-0.4, -0.2) is 82.9 Å². The summed E-state index contributed by atoms with van der Waals surface area (Å²) in [6, 6.07) is 9.36. The molecule has 0 unspecified atom stereocenters. The molecule has 0 spiro atoms. The van der Waals surface area contributed by atoms with Crippen molar-refractivity contribution in [3.63, 3.8) is 0 Å². The normalized spacial score (nSPS) is 33.4. The molecule has 246 valence electrons. The van der Waals surface area contributed by atoms with Crippen molar-refractivity contribution < 1.29 is 43.6 Å². The minimum atomic E-state index is -1.98. The fourth-order valence-electron chi connectivity index (χ4n) is 7.95. The van der Waals surface area contributed by atoms with Gasteiger partial charge in [-0.05, 0) is 56.1 Å². The Morgan fingerprint density at radius 3 is 2.20 bits per heavy atom. The maximum atomic E-state index is 13.5. The topological polar surface area (TPSA) is 140 Å². The number of carbonyl (C=O) groups excluding carboxylic acids is 4. The summed E-state index contributed by atoms with van der Waals surface area (Å²) in [5, 5.41) is 24.8. The number of hydrogen-bond donors (Lipinski definition) is 2. The van der Waals surface area contributed by atoms with Crippen LogP contribution in [0.1, 0.15) is 78.8 Å². The SMILES string of the molecule is C=C1[C@@H](OC(=O)C[C@H](c2ccccc2)N(C)C)CC[C@@]2(C)[C@@H](O)[C@H](OC(C)=O)C3=C(C)C(=O)C[C@@](O)([C@@H](OC(C)=O)[C@H]12)C3(C)C. The van der Waals surface area contributed by atoms with E-state index in [1.165, 1.54) is 13.8 Å². The highest BCUT2D eigenvalue weighted by atomic mass is 16.6. The highest BCUT2D eigenvalue weighted by molar-refractivity contribution is 5.98. The Morgan fingerprint density at radius 2 is 1.64 bits per heavy atom. The Morgan fingerprint density at radius 1 is 1.04 bits per heavy atom. The highest BCUT2D eigenvalue weighted by Crippen LogP contribution is 2.61. The first-order valence-electron chi connectivity index (χ1n) is 15.5. The van der Waals surface area contributed by atoms with E-state index in [0.29, 0.717) is 5.57 Å². The molecule has 0 aliphatic heterocycles. The van der Waals surface area contributed by atoms with Gasteiger partial charge in [0, 0.05) is 43.1 Å². The molecule has 2 N–H and O–H groups in total. The van der Waals surface area contributed by atoms with Crippen LogP contribution in [0.25, 0.3) is 0 Å². The number of ether oxygens (including phenoxy) is 3. The summed E-state index contributed by atoms with van der Waals surface area (Å²) < 4.78 is 17.7. The Bertz CT molecular complexity index is 1400. The molecule has 4 rings (SSSR count). The number of hydrogen-bond acceptors (Lipinski definition) is 10. The van der Waals surface area contributed by atoms with Gasteiger partial charge in [-0.2, -0.15) is 0 Å². The third-order valence-electron chi connectivity index (χ3n) is 10.5. The lowest BCUT2D eigenvalue weighted by Gasteiger charge is -2.61. The van der Waals surface area contributed by atoms with Crippen molar-refractivity contribution in [2.75, 3.05) is 14.1 Å². The van der Waals surface area contributed by atoms with Crippen LogP contribution in [0.5, 0.6) is 0 Å². The van der Waals surface area contributed by atoms with Crippen LogP contribution in [0.15, 0.2) is 53.6 Å². The molecule has 10 heteroatoms. The number of Topliss-reactive ketones (excluding diaryl/α,β-unsaturated/α-hetero) is 1. The summed E-state index contributed by atoms with van der Waals surface area (Å²) in [4.78, 5) is 53.9. The molecule has 0 amide bonds. The number of allylic oxidation sites excluding steroid dienone is 1. The van der Waals surface area contributed by atoms with E-state index in [1.807, 2.05) is 49.3 Å². The number of esters is 3. The Labute approximate surface area is 265 Å². The summed E-state index contributed by atoms with van der Waals surface area (Å²) in [6.45, 7) is 13.5. The van der Waals surface area contributed by atoms with Crippen molar-refractivity contribution in [1.82, 2.24) is 4.90 Å². The van der Waals surface area contributed by atoms with E-state index in [2.05, 4.69) is 6.58 Å². The van der Waals surface area contributed by atoms with Crippen LogP contribution in [0.3, 0.4) is 0 Å². The standard InChI is InChI=1S/C35H47NO9/c1-19-25(39)18-35(42)32(44-22(4)38)29-20(2)26(45-27(40)17-24(36(8)9)23-13-11-10-12-14-23)15-16-34(29,7)31(41)30(43-21(3)37)28(19)33(35,5)6/h10-14,24,26,29-32,41-42H,2,15-18H2,1,3-9H3/t24-,26+,29+,30-,31+,32+,34-,35-/m1/s1. The molecule has 0 heterocycles. The molecule has 10 nitrogen and oxygen atoms in total. The Hall–Kier alpha value is -3.34. The molecule has 8 atom stereocenters. The van der Waals surface area contributed by atoms with Crippen molar-refractivity contribution in [1.29, 1.82) is 0 Å². The number of aliphatic hydroxyl groups excluding tert-OH is 1. The molecule has 1 aromatic carbocycles. The maximum absolute atomic E-state index is 13.5. The lowest BCUT2D eigenvalue weighted by Crippen LogP contribution is -2.70. The second kappa shape index (κ2) is 12.5. The number of benzene rings is 1. The summed E-state index contributed by atoms with van der Waals surface area (Å²) in [7, 11) is 3.76. The predicted octanol–water partition coefficient (Wildman–Crippen LogP) is 3.85. The van der Waals surface area contributed by atoms with E-state index in [4.69, 9.17) is 14.2 Å². The largest absolute Gasteiger partial charge is 0.459 e. The van der Waals surface area contributed by atoms with Crippen LogP contribution in [0.2, 0.25) is 0 Å². The van der Waals surface area contributed by atoms with Crippen LogP contribution >= 0.6 is 0 Å². The van der Waals surface area contributed by atoms with E-state index in [0.717, 1.165) is 5.56 Å². The zero-order chi connectivity index (χ0) is 33.6. The van der Waals surface area contributed by atoms with Crippen molar-refractivity contribution in [3.05, 3.63) is 59.2 Å². The van der Waals surface area contributed by atoms with Gasteiger partial charge >= 0.3 is 17.9 Å². The second-order valence-electron chi connectivity index (χ2n) is 13.9. The first-order chi connectivity index (χ1) is 20.9. The lowest BCUT2D eigenvalue weighted by molar-refractivity contribution is -0.231. The van der Waals surface area contributed by atoms with E-state index in [-0.39, 0.29) is 42.9 Å². The van der Waals surface area contributed by atoms with E-state index < -0.39 is 70.5 Å². The molecule has 45 heavy (non-hydrogen) atoms. The smallest absolute Gasteiger partial charge is 0.308 e. The molecule has 2 fully saturated rings. The Kier molecular flexibility index (Phi) is 9.56. The summed E-state index contributed by atoms with van der Waals surface area (Å²) in [6.07, 6.45) is -4.60. The van der Waals surface area contributed by atoms with Crippen molar-refractivity contribution in [2.24, 2.45) is 16.7 Å². The molecule has 0 saturated heterocycles. The highest BCUT2D eigenvalue weighted by Gasteiger charge is 2.68. The molecule has 0 radical (unpaired) electrons. The molecule has 0 aromatic heterocycles. The summed E-state index contributed by atoms with van der Waals surface area (Å²) >= 11 is 0. The third-order valence-corrected chi connectivity index (χ3v) is 10.5. The van der Waals surface area contributed by atoms with Crippen molar-refractivity contribution in [3.8, 4) is 0 Å². The number of aliphatic hydroxyl groups is 2. The molecule has 3 aliphatic carbocycles. The maximum Gasteiger partial charge on any atom is 0.308 e. The summed E-state index contributed by atoms with van der Waals surface area (Å²) in [5.41, 5.74) is -2.58. The van der Waals surface area contributed by atoms with Crippen molar-refractivity contribution >= 4 is 23.7 Å². The fourth-order valence-corrected chi connectivity index (χ4v) is 7.95. The van der Waals surface area contributed by atoms with Gasteiger partial charge in [0.05, 0.1) is 6.42 Å². The average molecular weight is 626 g/mol. The van der Waals surface area contributed by atoms with Crippen LogP contribution in [-0.2, 0) is 33.4 Å². The third kappa shape index (κ3) is 6.00. The number of rotatable bonds is 7. The lowest BCUT2D eigenvalue weighted by atomic mass is 9.48. The van der Waals surface area contributed by atoms with E-state index in [9.17, 15) is 29.4 Å². The number of nitrogens with zero attached hydrogens (tertiary/aromatic N) is 1. The van der Waals surface area contributed by atoms with Gasteiger partial charge < -0.3 is 29.3 Å². The quantitative estimate of drug-likeness (QED) is 0.261. The van der Waals surface area contributed by atoms with Gasteiger partial charge in [-0.15, -0.1) is 0 Å². The first kappa shape index (κ1) is 34.5. The molecular weight excluding hydrogens is 578 g/mol. The van der Waals surface area contributed by atoms with Crippen LogP contribution in [0.4, 0.5) is 0 Å². The van der Waals surface area contributed by atoms with Gasteiger partial charge in [-0.25, -0.2) is 0 Å². The van der Waals surface area contributed by atoms with E-state index in [1.54, 1.807) is 27.7 Å². The number of fused-ring (bicyclic) bond motifs is 3. The average Bonchev–Trinajstić information content (AvgIpc) is 2.94. The van der Waals surface area contributed by atoms with Gasteiger partial charge in [0.1, 0.15) is 23.9 Å². The van der Waals surface area contributed by atoms with Gasteiger partial charge in [0.2, 0.25) is 0 Å². The molecule has 2 saturated carbocycles. The minimum Gasteiger partial charge on any atom is -0.459 e. The minimum absolute atomic E-state index is 0.0617. The van der Waals surface area contributed by atoms with Gasteiger partial charge in [-0.1, -0.05) is 57.7 Å². The molecule has 2 bridgehead atoms. The van der Waals surface area contributed by atoms with Gasteiger partial charge in [0.15, 0.2) is 11.9 Å². The fraction of sp³-hybridized carbons (Fsp3) is 0.600. The first-order valence-corrected chi connectivity index (χ1v) is 15.5. The van der Waals surface area contributed by atoms with Gasteiger partial charge in [-0.3, -0.25) is 19.2 Å². The van der Waals surface area contributed by atoms with E-state index >= 15 is 0 Å². The Balaban J connectivity index is 1.79. The van der Waals surface area contributed by atoms with Crippen molar-refractivity contribution in [2.45, 2.75) is 103 Å². The second-order valence-corrected chi connectivity index (χ2v) is 13.9. The van der Waals surface area contributed by atoms with Crippen LogP contribution in [0, 0.1) is 16.7 Å². The number of ketones is 1. The van der Waals surface area contributed by atoms with Gasteiger partial charge in [0.25, 0.3) is 0 Å². The molecular formula is C35H47NO9.